The fourth-order valence-corrected chi connectivity index (χ4v) is 5.05. The van der Waals surface area contributed by atoms with Gasteiger partial charge in [0.15, 0.2) is 5.17 Å². The van der Waals surface area contributed by atoms with E-state index >= 15 is 0 Å². The van der Waals surface area contributed by atoms with Gasteiger partial charge < -0.3 is 19.7 Å². The average Bonchev–Trinajstić information content (AvgIpc) is 3.27. The van der Waals surface area contributed by atoms with E-state index in [1.165, 1.54) is 31.0 Å². The number of rotatable bonds is 8. The number of carbonyl (C=O) groups excluding carboxylic acids is 2. The predicted octanol–water partition coefficient (Wildman–Crippen LogP) is 4.68. The first kappa shape index (κ1) is 24.5. The first-order chi connectivity index (χ1) is 16.9. The number of fused-ring (bicyclic) bond motifs is 1. The van der Waals surface area contributed by atoms with Gasteiger partial charge in [0.05, 0.1) is 38.0 Å². The predicted molar refractivity (Wildman–Crippen MR) is 133 cm³/mol. The number of amides is 1. The van der Waals surface area contributed by atoms with E-state index in [0.29, 0.717) is 39.9 Å². The molecule has 2 heterocycles. The number of allylic oxidation sites excluding steroid dienone is 1. The van der Waals surface area contributed by atoms with Crippen LogP contribution in [0.5, 0.6) is 5.75 Å². The normalized spacial score (nSPS) is 16.9. The van der Waals surface area contributed by atoms with Gasteiger partial charge in [-0.1, -0.05) is 43.0 Å². The molecule has 0 fully saturated rings. The van der Waals surface area contributed by atoms with Crippen molar-refractivity contribution < 1.29 is 23.5 Å². The van der Waals surface area contributed by atoms with Crippen molar-refractivity contribution in [1.82, 2.24) is 10.2 Å². The highest BCUT2D eigenvalue weighted by Gasteiger charge is 2.41. The zero-order valence-electron chi connectivity index (χ0n) is 19.7. The van der Waals surface area contributed by atoms with Crippen molar-refractivity contribution in [3.8, 4) is 5.75 Å². The minimum Gasteiger partial charge on any atom is -0.497 e. The number of amidine groups is 1. The van der Waals surface area contributed by atoms with Crippen molar-refractivity contribution in [2.45, 2.75) is 32.4 Å². The number of methoxy groups -OCH3 is 2. The third-order valence-corrected chi connectivity index (χ3v) is 6.65. The number of nitrogens with zero attached hydrogens (tertiary/aromatic N) is 2. The molecule has 2 aromatic rings. The molecule has 2 aliphatic rings. The number of halogens is 1. The van der Waals surface area contributed by atoms with Crippen LogP contribution in [0.4, 0.5) is 4.39 Å². The molecule has 9 heteroatoms. The molecule has 0 aromatic heterocycles. The van der Waals surface area contributed by atoms with Gasteiger partial charge in [-0.15, -0.1) is 0 Å². The van der Waals surface area contributed by atoms with Crippen molar-refractivity contribution in [3.63, 3.8) is 0 Å². The third kappa shape index (κ3) is 5.24. The standard InChI is InChI=1S/C26H26FN3O4S/c1-4-21-23(25(32)34-3)24(17-8-6-10-20(12-17)33-2)30-19(15-35-26(30)29-21)13-22(31)28-14-16-7-5-9-18(27)11-16/h5-12,15,24H,4,13-14H2,1-3H3,(H,28,31). The molecular formula is C26H26FN3O4S. The van der Waals surface area contributed by atoms with E-state index in [0.717, 1.165) is 5.56 Å². The SMILES string of the molecule is CCC1=C(C(=O)OC)C(c2cccc(OC)c2)N2C(CC(=O)NCc3cccc(F)c3)=CSC2=N1. The van der Waals surface area contributed by atoms with Gasteiger partial charge in [0.1, 0.15) is 11.6 Å². The Morgan fingerprint density at radius 2 is 1.97 bits per heavy atom. The van der Waals surface area contributed by atoms with Gasteiger partial charge in [-0.05, 0) is 47.2 Å². The third-order valence-electron chi connectivity index (χ3n) is 5.76. The van der Waals surface area contributed by atoms with Crippen LogP contribution in [0, 0.1) is 5.82 Å². The number of carbonyl (C=O) groups is 2. The van der Waals surface area contributed by atoms with Crippen molar-refractivity contribution in [2.75, 3.05) is 14.2 Å². The zero-order chi connectivity index (χ0) is 24.9. The maximum absolute atomic E-state index is 13.5. The maximum Gasteiger partial charge on any atom is 0.338 e. The summed E-state index contributed by atoms with van der Waals surface area (Å²) >= 11 is 1.41. The Morgan fingerprint density at radius 1 is 1.17 bits per heavy atom. The second kappa shape index (κ2) is 10.8. The van der Waals surface area contributed by atoms with E-state index in [1.54, 1.807) is 19.2 Å². The van der Waals surface area contributed by atoms with Gasteiger partial charge in [-0.2, -0.15) is 0 Å². The summed E-state index contributed by atoms with van der Waals surface area (Å²) in [5.41, 5.74) is 3.27. The number of hydrogen-bond acceptors (Lipinski definition) is 7. The molecule has 0 saturated heterocycles. The molecule has 4 rings (SSSR count). The highest BCUT2D eigenvalue weighted by atomic mass is 32.2. The second-order valence-electron chi connectivity index (χ2n) is 7.96. The molecule has 0 aliphatic carbocycles. The van der Waals surface area contributed by atoms with Crippen LogP contribution < -0.4 is 10.1 Å². The topological polar surface area (TPSA) is 80.2 Å². The summed E-state index contributed by atoms with van der Waals surface area (Å²) in [5.74, 6) is -0.393. The maximum atomic E-state index is 13.5. The second-order valence-corrected chi connectivity index (χ2v) is 8.80. The number of thioether (sulfide) groups is 1. The fraction of sp³-hybridized carbons (Fsp3) is 0.269. The van der Waals surface area contributed by atoms with Crippen LogP contribution in [0.3, 0.4) is 0 Å². The molecule has 1 unspecified atom stereocenters. The van der Waals surface area contributed by atoms with Gasteiger partial charge in [-0.25, -0.2) is 14.2 Å². The lowest BCUT2D eigenvalue weighted by Crippen LogP contribution is -2.38. The molecule has 7 nitrogen and oxygen atoms in total. The summed E-state index contributed by atoms with van der Waals surface area (Å²) in [6.45, 7) is 2.15. The minimum absolute atomic E-state index is 0.0672. The Balaban J connectivity index is 1.63. The average molecular weight is 496 g/mol. The Hall–Kier alpha value is -3.59. The van der Waals surface area contributed by atoms with Crippen LogP contribution in [-0.4, -0.2) is 36.2 Å². The van der Waals surface area contributed by atoms with Crippen molar-refractivity contribution in [3.05, 3.63) is 87.9 Å². The minimum atomic E-state index is -0.530. The largest absolute Gasteiger partial charge is 0.497 e. The number of benzene rings is 2. The molecule has 1 atom stereocenters. The lowest BCUT2D eigenvalue weighted by molar-refractivity contribution is -0.136. The van der Waals surface area contributed by atoms with E-state index in [2.05, 4.69) is 5.32 Å². The fourth-order valence-electron chi connectivity index (χ4n) is 4.11. The summed E-state index contributed by atoms with van der Waals surface area (Å²) in [6.07, 6.45) is 0.615. The van der Waals surface area contributed by atoms with Crippen LogP contribution in [0.2, 0.25) is 0 Å². The Kier molecular flexibility index (Phi) is 7.55. The highest BCUT2D eigenvalue weighted by Crippen LogP contribution is 2.45. The van der Waals surface area contributed by atoms with Gasteiger partial charge in [0.2, 0.25) is 5.91 Å². The molecule has 2 aliphatic heterocycles. The summed E-state index contributed by atoms with van der Waals surface area (Å²) in [5, 5.41) is 5.41. The lowest BCUT2D eigenvalue weighted by Gasteiger charge is -2.36. The molecule has 35 heavy (non-hydrogen) atoms. The van der Waals surface area contributed by atoms with E-state index in [4.69, 9.17) is 14.5 Å². The Morgan fingerprint density at radius 3 is 2.69 bits per heavy atom. The first-order valence-corrected chi connectivity index (χ1v) is 12.0. The molecule has 0 radical (unpaired) electrons. The van der Waals surface area contributed by atoms with Crippen molar-refractivity contribution >= 4 is 28.8 Å². The van der Waals surface area contributed by atoms with Crippen LogP contribution in [-0.2, 0) is 20.9 Å². The first-order valence-electron chi connectivity index (χ1n) is 11.1. The number of hydrogen-bond donors (Lipinski definition) is 1. The van der Waals surface area contributed by atoms with Gasteiger partial charge in [0, 0.05) is 12.2 Å². The van der Waals surface area contributed by atoms with E-state index in [-0.39, 0.29) is 24.7 Å². The number of nitrogens with one attached hydrogen (secondary N) is 1. The quantitative estimate of drug-likeness (QED) is 0.536. The molecule has 0 bridgehead atoms. The Bertz CT molecular complexity index is 1240. The van der Waals surface area contributed by atoms with Gasteiger partial charge >= 0.3 is 5.97 Å². The lowest BCUT2D eigenvalue weighted by atomic mass is 9.92. The number of aliphatic imine (C=N–C) groups is 1. The van der Waals surface area contributed by atoms with Crippen LogP contribution >= 0.6 is 11.8 Å². The smallest absolute Gasteiger partial charge is 0.338 e. The molecule has 0 saturated carbocycles. The molecule has 182 valence electrons. The van der Waals surface area contributed by atoms with E-state index in [1.807, 2.05) is 41.5 Å². The number of esters is 1. The van der Waals surface area contributed by atoms with Gasteiger partial charge in [0.25, 0.3) is 0 Å². The molecular weight excluding hydrogens is 469 g/mol. The highest BCUT2D eigenvalue weighted by molar-refractivity contribution is 8.16. The van der Waals surface area contributed by atoms with Crippen LogP contribution in [0.15, 0.2) is 75.9 Å². The molecule has 1 amide bonds. The van der Waals surface area contributed by atoms with Crippen molar-refractivity contribution in [1.29, 1.82) is 0 Å². The summed E-state index contributed by atoms with van der Waals surface area (Å²) < 4.78 is 24.0. The van der Waals surface area contributed by atoms with Crippen LogP contribution in [0.25, 0.3) is 0 Å². The van der Waals surface area contributed by atoms with Crippen LogP contribution in [0.1, 0.15) is 36.9 Å². The van der Waals surface area contributed by atoms with Crippen molar-refractivity contribution in [2.24, 2.45) is 4.99 Å². The molecule has 0 spiro atoms. The van der Waals surface area contributed by atoms with Gasteiger partial charge in [-0.3, -0.25) is 4.79 Å². The summed E-state index contributed by atoms with van der Waals surface area (Å²) in [4.78, 5) is 32.4. The zero-order valence-corrected chi connectivity index (χ0v) is 20.5. The molecule has 2 aromatic carbocycles. The summed E-state index contributed by atoms with van der Waals surface area (Å²) in [6, 6.07) is 13.0. The molecule has 1 N–H and O–H groups in total. The summed E-state index contributed by atoms with van der Waals surface area (Å²) in [7, 11) is 2.93. The monoisotopic (exact) mass is 495 g/mol. The number of ether oxygens (including phenoxy) is 2. The Labute approximate surface area is 207 Å². The van der Waals surface area contributed by atoms with E-state index in [9.17, 15) is 14.0 Å². The van der Waals surface area contributed by atoms with E-state index < -0.39 is 12.0 Å².